The molecule has 0 aliphatic carbocycles. The molecular formula is C25H19ClN2O4. The summed E-state index contributed by atoms with van der Waals surface area (Å²) in [6.45, 7) is 0.0506. The maximum absolute atomic E-state index is 13.0. The van der Waals surface area contributed by atoms with Crippen molar-refractivity contribution in [3.05, 3.63) is 64.7 Å². The summed E-state index contributed by atoms with van der Waals surface area (Å²) in [6, 6.07) is 16.2. The summed E-state index contributed by atoms with van der Waals surface area (Å²) in [7, 11) is 2.90. The quantitative estimate of drug-likeness (QED) is 0.311. The second kappa shape index (κ2) is 10.3. The Morgan fingerprint density at radius 3 is 2.56 bits per heavy atom. The SMILES string of the molecule is C#CCOc1ccc2ccccc2c1/C=C(\C#N)C(=O)Nc1cc(OC)c(Cl)cc1OC. The van der Waals surface area contributed by atoms with Crippen LogP contribution in [-0.2, 0) is 4.79 Å². The number of fused-ring (bicyclic) bond motifs is 1. The lowest BCUT2D eigenvalue weighted by Gasteiger charge is -2.13. The monoisotopic (exact) mass is 446 g/mol. The van der Waals surface area contributed by atoms with E-state index in [1.165, 1.54) is 32.4 Å². The molecule has 0 aliphatic rings. The number of nitrogens with one attached hydrogen (secondary N) is 1. The third kappa shape index (κ3) is 4.78. The summed E-state index contributed by atoms with van der Waals surface area (Å²) >= 11 is 6.12. The van der Waals surface area contributed by atoms with E-state index in [0.717, 1.165) is 10.8 Å². The molecule has 0 fully saturated rings. The zero-order valence-corrected chi connectivity index (χ0v) is 18.2. The fraction of sp³-hybridized carbons (Fsp3) is 0.120. The van der Waals surface area contributed by atoms with Crippen molar-refractivity contribution in [1.29, 1.82) is 5.26 Å². The Balaban J connectivity index is 2.05. The van der Waals surface area contributed by atoms with Gasteiger partial charge in [0.2, 0.25) is 0 Å². The Bertz CT molecular complexity index is 1290. The standard InChI is InChI=1S/C25H19ClN2O4/c1-4-11-32-22-10-9-16-7-5-6-8-18(16)19(22)12-17(15-27)25(29)28-21-14-23(30-2)20(26)13-24(21)31-3/h1,5-10,12-14H,11H2,2-3H3,(H,28,29)/b17-12+. The first-order chi connectivity index (χ1) is 15.5. The van der Waals surface area contributed by atoms with Gasteiger partial charge in [0.1, 0.15) is 35.5 Å². The van der Waals surface area contributed by atoms with Gasteiger partial charge in [0, 0.05) is 17.7 Å². The van der Waals surface area contributed by atoms with Gasteiger partial charge in [-0.25, -0.2) is 0 Å². The van der Waals surface area contributed by atoms with E-state index in [-0.39, 0.29) is 12.2 Å². The minimum absolute atomic E-state index is 0.0506. The summed E-state index contributed by atoms with van der Waals surface area (Å²) in [5.74, 6) is 2.93. The maximum Gasteiger partial charge on any atom is 0.266 e. The zero-order valence-electron chi connectivity index (χ0n) is 17.4. The Hall–Kier alpha value is -4.13. The van der Waals surface area contributed by atoms with Gasteiger partial charge in [-0.15, -0.1) is 6.42 Å². The number of hydrogen-bond donors (Lipinski definition) is 1. The van der Waals surface area contributed by atoms with Crippen LogP contribution in [0.2, 0.25) is 5.02 Å². The van der Waals surface area contributed by atoms with Crippen molar-refractivity contribution < 1.29 is 19.0 Å². The molecule has 32 heavy (non-hydrogen) atoms. The number of methoxy groups -OCH3 is 2. The molecular weight excluding hydrogens is 428 g/mol. The highest BCUT2D eigenvalue weighted by Gasteiger charge is 2.17. The summed E-state index contributed by atoms with van der Waals surface area (Å²) < 4.78 is 16.1. The Labute approximate surface area is 191 Å². The number of nitrogens with zero attached hydrogens (tertiary/aromatic N) is 1. The molecule has 160 valence electrons. The highest BCUT2D eigenvalue weighted by atomic mass is 35.5. The summed E-state index contributed by atoms with van der Waals surface area (Å²) in [5, 5.41) is 14.5. The van der Waals surface area contributed by atoms with Gasteiger partial charge < -0.3 is 19.5 Å². The molecule has 0 radical (unpaired) electrons. The normalized spacial score (nSPS) is 10.7. The first-order valence-corrected chi connectivity index (χ1v) is 9.82. The van der Waals surface area contributed by atoms with E-state index in [1.54, 1.807) is 6.07 Å². The van der Waals surface area contributed by atoms with Gasteiger partial charge in [0.15, 0.2) is 0 Å². The number of nitriles is 1. The number of rotatable bonds is 7. The number of anilines is 1. The van der Waals surface area contributed by atoms with E-state index in [2.05, 4.69) is 11.2 Å². The van der Waals surface area contributed by atoms with Gasteiger partial charge >= 0.3 is 0 Å². The average Bonchev–Trinajstić information content (AvgIpc) is 2.82. The third-order valence-electron chi connectivity index (χ3n) is 4.62. The highest BCUT2D eigenvalue weighted by Crippen LogP contribution is 2.36. The van der Waals surface area contributed by atoms with E-state index in [0.29, 0.717) is 33.5 Å². The van der Waals surface area contributed by atoms with Crippen LogP contribution in [0.15, 0.2) is 54.1 Å². The van der Waals surface area contributed by atoms with E-state index in [9.17, 15) is 10.1 Å². The molecule has 0 heterocycles. The predicted molar refractivity (Wildman–Crippen MR) is 125 cm³/mol. The Morgan fingerprint density at radius 2 is 1.88 bits per heavy atom. The number of ether oxygens (including phenoxy) is 3. The number of halogens is 1. The lowest BCUT2D eigenvalue weighted by molar-refractivity contribution is -0.112. The second-order valence-electron chi connectivity index (χ2n) is 6.50. The number of carbonyl (C=O) groups is 1. The first-order valence-electron chi connectivity index (χ1n) is 9.45. The number of hydrogen-bond acceptors (Lipinski definition) is 5. The van der Waals surface area contributed by atoms with Gasteiger partial charge in [-0.05, 0) is 22.9 Å². The molecule has 0 aromatic heterocycles. The van der Waals surface area contributed by atoms with Crippen molar-refractivity contribution >= 4 is 40.0 Å². The molecule has 0 spiro atoms. The maximum atomic E-state index is 13.0. The molecule has 0 atom stereocenters. The number of amides is 1. The minimum atomic E-state index is -0.633. The van der Waals surface area contributed by atoms with Crippen molar-refractivity contribution in [2.24, 2.45) is 0 Å². The minimum Gasteiger partial charge on any atom is -0.495 e. The number of benzene rings is 3. The van der Waals surface area contributed by atoms with Crippen LogP contribution in [0.1, 0.15) is 5.56 Å². The van der Waals surface area contributed by atoms with Crippen molar-refractivity contribution in [1.82, 2.24) is 0 Å². The molecule has 6 nitrogen and oxygen atoms in total. The lowest BCUT2D eigenvalue weighted by atomic mass is 10.0. The van der Waals surface area contributed by atoms with Gasteiger partial charge in [0.05, 0.1) is 24.9 Å². The van der Waals surface area contributed by atoms with Gasteiger partial charge in [0.25, 0.3) is 5.91 Å². The van der Waals surface area contributed by atoms with Crippen molar-refractivity contribution in [2.45, 2.75) is 0 Å². The molecule has 0 aliphatic heterocycles. The van der Waals surface area contributed by atoms with Crippen LogP contribution in [0.5, 0.6) is 17.2 Å². The van der Waals surface area contributed by atoms with Crippen LogP contribution in [-0.4, -0.2) is 26.7 Å². The molecule has 0 saturated heterocycles. The van der Waals surface area contributed by atoms with Crippen molar-refractivity contribution in [3.63, 3.8) is 0 Å². The largest absolute Gasteiger partial charge is 0.495 e. The molecule has 3 aromatic rings. The van der Waals surface area contributed by atoms with Crippen molar-refractivity contribution in [3.8, 4) is 35.7 Å². The molecule has 0 saturated carbocycles. The summed E-state index contributed by atoms with van der Waals surface area (Å²) in [5.41, 5.74) is 0.746. The smallest absolute Gasteiger partial charge is 0.266 e. The summed E-state index contributed by atoms with van der Waals surface area (Å²) in [4.78, 5) is 13.0. The molecule has 1 N–H and O–H groups in total. The lowest BCUT2D eigenvalue weighted by Crippen LogP contribution is -2.14. The fourth-order valence-electron chi connectivity index (χ4n) is 3.11. The Morgan fingerprint density at radius 1 is 1.12 bits per heavy atom. The highest BCUT2D eigenvalue weighted by molar-refractivity contribution is 6.32. The van der Waals surface area contributed by atoms with E-state index < -0.39 is 5.91 Å². The molecule has 1 amide bonds. The molecule has 0 unspecified atom stereocenters. The topological polar surface area (TPSA) is 80.6 Å². The van der Waals surface area contributed by atoms with Gasteiger partial charge in [-0.1, -0.05) is 47.9 Å². The number of terminal acetylenes is 1. The molecule has 3 rings (SSSR count). The van der Waals surface area contributed by atoms with Crippen LogP contribution in [0.4, 0.5) is 5.69 Å². The number of carbonyl (C=O) groups excluding carboxylic acids is 1. The summed E-state index contributed by atoms with van der Waals surface area (Å²) in [6.07, 6.45) is 6.80. The van der Waals surface area contributed by atoms with E-state index in [1.807, 2.05) is 36.4 Å². The Kier molecular flexibility index (Phi) is 7.23. The molecule has 0 bridgehead atoms. The fourth-order valence-corrected chi connectivity index (χ4v) is 3.34. The van der Waals surface area contributed by atoms with Crippen LogP contribution in [0.25, 0.3) is 16.8 Å². The van der Waals surface area contributed by atoms with E-state index in [4.69, 9.17) is 32.2 Å². The van der Waals surface area contributed by atoms with Crippen molar-refractivity contribution in [2.75, 3.05) is 26.1 Å². The molecule has 3 aromatic carbocycles. The second-order valence-corrected chi connectivity index (χ2v) is 6.91. The average molecular weight is 447 g/mol. The predicted octanol–water partition coefficient (Wildman–Crippen LogP) is 5.07. The zero-order chi connectivity index (χ0) is 23.1. The van der Waals surface area contributed by atoms with E-state index >= 15 is 0 Å². The first kappa shape index (κ1) is 22.6. The van der Waals surface area contributed by atoms with Crippen LogP contribution >= 0.6 is 11.6 Å². The van der Waals surface area contributed by atoms with Crippen LogP contribution < -0.4 is 19.5 Å². The van der Waals surface area contributed by atoms with Gasteiger partial charge in [-0.3, -0.25) is 4.79 Å². The van der Waals surface area contributed by atoms with Crippen LogP contribution in [0, 0.1) is 23.7 Å². The molecule has 7 heteroatoms. The van der Waals surface area contributed by atoms with Crippen LogP contribution in [0.3, 0.4) is 0 Å². The third-order valence-corrected chi connectivity index (χ3v) is 4.91. The van der Waals surface area contributed by atoms with Gasteiger partial charge in [-0.2, -0.15) is 5.26 Å².